The van der Waals surface area contributed by atoms with Gasteiger partial charge < -0.3 is 5.11 Å². The molecular weight excluding hydrogens is 253 g/mol. The van der Waals surface area contributed by atoms with Crippen molar-refractivity contribution >= 4 is 11.6 Å². The molecule has 17 heavy (non-hydrogen) atoms. The van der Waals surface area contributed by atoms with E-state index in [0.29, 0.717) is 0 Å². The van der Waals surface area contributed by atoms with Crippen molar-refractivity contribution in [1.29, 1.82) is 0 Å². The van der Waals surface area contributed by atoms with E-state index in [1.807, 2.05) is 0 Å². The molecule has 0 aliphatic rings. The highest BCUT2D eigenvalue weighted by molar-refractivity contribution is 6.30. The van der Waals surface area contributed by atoms with Gasteiger partial charge in [0.15, 0.2) is 5.60 Å². The first-order valence-electron chi connectivity index (χ1n) is 4.97. The van der Waals surface area contributed by atoms with Crippen LogP contribution in [0.25, 0.3) is 0 Å². The molecule has 1 atom stereocenters. The Kier molecular flexibility index (Phi) is 4.22. The van der Waals surface area contributed by atoms with Gasteiger partial charge in [-0.1, -0.05) is 35.9 Å². The minimum atomic E-state index is -4.75. The van der Waals surface area contributed by atoms with Crippen LogP contribution in [0, 0.1) is 0 Å². The molecule has 1 nitrogen and oxygen atoms in total. The molecule has 0 fully saturated rings. The zero-order chi connectivity index (χ0) is 13.1. The van der Waals surface area contributed by atoms with Crippen LogP contribution in [-0.2, 0) is 5.60 Å². The van der Waals surface area contributed by atoms with E-state index in [0.717, 1.165) is 6.07 Å². The summed E-state index contributed by atoms with van der Waals surface area (Å²) in [5.74, 6) is 0. The van der Waals surface area contributed by atoms with Crippen LogP contribution in [0.4, 0.5) is 13.2 Å². The summed E-state index contributed by atoms with van der Waals surface area (Å²) in [5.41, 5.74) is -3.15. The number of benzene rings is 1. The fraction of sp³-hybridized carbons (Fsp3) is 0.333. The SMILES string of the molecule is C/C=C\C[C@@](O)(c1cccc(Cl)c1)C(F)(F)F. The molecule has 0 saturated carbocycles. The van der Waals surface area contributed by atoms with Gasteiger partial charge in [0, 0.05) is 11.4 Å². The Hall–Kier alpha value is -1.00. The molecule has 1 aromatic rings. The second-order valence-electron chi connectivity index (χ2n) is 3.64. The van der Waals surface area contributed by atoms with E-state index in [1.165, 1.54) is 30.4 Å². The van der Waals surface area contributed by atoms with Crippen LogP contribution in [-0.4, -0.2) is 11.3 Å². The topological polar surface area (TPSA) is 20.2 Å². The summed E-state index contributed by atoms with van der Waals surface area (Å²) in [5, 5.41) is 10.00. The van der Waals surface area contributed by atoms with Gasteiger partial charge in [0.05, 0.1) is 0 Å². The molecule has 1 rings (SSSR count). The zero-order valence-corrected chi connectivity index (χ0v) is 9.89. The van der Waals surface area contributed by atoms with Gasteiger partial charge >= 0.3 is 6.18 Å². The number of halogens is 4. The highest BCUT2D eigenvalue weighted by Gasteiger charge is 2.54. The van der Waals surface area contributed by atoms with Crippen molar-refractivity contribution < 1.29 is 18.3 Å². The minimum Gasteiger partial charge on any atom is -0.376 e. The summed E-state index contributed by atoms with van der Waals surface area (Å²) in [7, 11) is 0. The van der Waals surface area contributed by atoms with E-state index >= 15 is 0 Å². The summed E-state index contributed by atoms with van der Waals surface area (Å²) in [6.45, 7) is 1.59. The van der Waals surface area contributed by atoms with E-state index in [9.17, 15) is 18.3 Å². The maximum atomic E-state index is 12.9. The number of rotatable bonds is 3. The van der Waals surface area contributed by atoms with Gasteiger partial charge in [-0.05, 0) is 24.6 Å². The number of hydrogen-bond donors (Lipinski definition) is 1. The third-order valence-electron chi connectivity index (χ3n) is 2.42. The van der Waals surface area contributed by atoms with Gasteiger partial charge in [-0.25, -0.2) is 0 Å². The van der Waals surface area contributed by atoms with Gasteiger partial charge in [0.1, 0.15) is 0 Å². The highest BCUT2D eigenvalue weighted by Crippen LogP contribution is 2.42. The Morgan fingerprint density at radius 1 is 1.35 bits per heavy atom. The van der Waals surface area contributed by atoms with Crippen molar-refractivity contribution in [1.82, 2.24) is 0 Å². The number of alkyl halides is 3. The molecule has 0 unspecified atom stereocenters. The second kappa shape index (κ2) is 5.10. The van der Waals surface area contributed by atoms with Crippen molar-refractivity contribution in [2.24, 2.45) is 0 Å². The Balaban J connectivity index is 3.24. The second-order valence-corrected chi connectivity index (χ2v) is 4.08. The first-order valence-corrected chi connectivity index (χ1v) is 5.35. The molecule has 1 aromatic carbocycles. The smallest absolute Gasteiger partial charge is 0.376 e. The van der Waals surface area contributed by atoms with E-state index in [2.05, 4.69) is 0 Å². The first kappa shape index (κ1) is 14.1. The average Bonchev–Trinajstić information content (AvgIpc) is 2.24. The Labute approximate surface area is 103 Å². The van der Waals surface area contributed by atoms with Gasteiger partial charge in [0.2, 0.25) is 0 Å². The summed E-state index contributed by atoms with van der Waals surface area (Å²) in [6.07, 6.45) is -2.56. The van der Waals surface area contributed by atoms with Gasteiger partial charge in [-0.3, -0.25) is 0 Å². The van der Waals surface area contributed by atoms with Gasteiger partial charge in [-0.15, -0.1) is 0 Å². The molecular formula is C12H12ClF3O. The van der Waals surface area contributed by atoms with E-state index in [-0.39, 0.29) is 10.6 Å². The first-order chi connectivity index (χ1) is 7.81. The monoisotopic (exact) mass is 264 g/mol. The van der Waals surface area contributed by atoms with Crippen molar-refractivity contribution in [3.63, 3.8) is 0 Å². The van der Waals surface area contributed by atoms with E-state index in [4.69, 9.17) is 11.6 Å². The Bertz CT molecular complexity index is 414. The quantitative estimate of drug-likeness (QED) is 0.817. The van der Waals surface area contributed by atoms with Crippen molar-refractivity contribution in [3.8, 4) is 0 Å². The maximum absolute atomic E-state index is 12.9. The summed E-state index contributed by atoms with van der Waals surface area (Å²) >= 11 is 5.64. The van der Waals surface area contributed by atoms with Crippen LogP contribution >= 0.6 is 11.6 Å². The third-order valence-corrected chi connectivity index (χ3v) is 2.66. The molecule has 0 aliphatic heterocycles. The zero-order valence-electron chi connectivity index (χ0n) is 9.13. The van der Waals surface area contributed by atoms with Gasteiger partial charge in [0.25, 0.3) is 0 Å². The number of aliphatic hydroxyl groups is 1. The largest absolute Gasteiger partial charge is 0.421 e. The van der Waals surface area contributed by atoms with Crippen LogP contribution < -0.4 is 0 Å². The van der Waals surface area contributed by atoms with Crippen molar-refractivity contribution in [3.05, 3.63) is 47.0 Å². The van der Waals surface area contributed by atoms with Crippen LogP contribution in [0.1, 0.15) is 18.9 Å². The van der Waals surface area contributed by atoms with Crippen LogP contribution in [0.15, 0.2) is 36.4 Å². The third kappa shape index (κ3) is 3.01. The Morgan fingerprint density at radius 3 is 2.47 bits per heavy atom. The lowest BCUT2D eigenvalue weighted by molar-refractivity contribution is -0.265. The highest BCUT2D eigenvalue weighted by atomic mass is 35.5. The molecule has 0 heterocycles. The Morgan fingerprint density at radius 2 is 2.00 bits per heavy atom. The molecule has 0 amide bonds. The predicted octanol–water partition coefficient (Wildman–Crippen LogP) is 4.06. The molecule has 1 N–H and O–H groups in total. The molecule has 0 radical (unpaired) electrons. The van der Waals surface area contributed by atoms with Crippen LogP contribution in [0.5, 0.6) is 0 Å². The standard InChI is InChI=1S/C12H12ClF3O/c1-2-3-7-11(17,12(14,15)16)9-5-4-6-10(13)8-9/h2-6,8,17H,7H2,1H3/b3-2-/t11-/m1/s1. The number of hydrogen-bond acceptors (Lipinski definition) is 1. The number of allylic oxidation sites excluding steroid dienone is 1. The molecule has 0 bridgehead atoms. The average molecular weight is 265 g/mol. The van der Waals surface area contributed by atoms with E-state index in [1.54, 1.807) is 6.92 Å². The predicted molar refractivity (Wildman–Crippen MR) is 60.8 cm³/mol. The lowest BCUT2D eigenvalue weighted by atomic mass is 9.89. The molecule has 0 saturated heterocycles. The minimum absolute atomic E-state index is 0.158. The maximum Gasteiger partial charge on any atom is 0.421 e. The molecule has 5 heteroatoms. The molecule has 0 spiro atoms. The van der Waals surface area contributed by atoms with Crippen molar-refractivity contribution in [2.45, 2.75) is 25.1 Å². The summed E-state index contributed by atoms with van der Waals surface area (Å²) in [4.78, 5) is 0. The normalized spacial score (nSPS) is 16.1. The molecule has 0 aliphatic carbocycles. The summed E-state index contributed by atoms with van der Waals surface area (Å²) in [6, 6.07) is 5.17. The van der Waals surface area contributed by atoms with Crippen LogP contribution in [0.2, 0.25) is 5.02 Å². The molecule has 0 aromatic heterocycles. The summed E-state index contributed by atoms with van der Waals surface area (Å²) < 4.78 is 38.8. The van der Waals surface area contributed by atoms with Crippen LogP contribution in [0.3, 0.4) is 0 Å². The lowest BCUT2D eigenvalue weighted by Crippen LogP contribution is -2.41. The van der Waals surface area contributed by atoms with E-state index < -0.39 is 18.2 Å². The lowest BCUT2D eigenvalue weighted by Gasteiger charge is -2.30. The van der Waals surface area contributed by atoms with Gasteiger partial charge in [-0.2, -0.15) is 13.2 Å². The fourth-order valence-corrected chi connectivity index (χ4v) is 1.62. The molecule has 94 valence electrons. The fourth-order valence-electron chi connectivity index (χ4n) is 1.43. The van der Waals surface area contributed by atoms with Crippen molar-refractivity contribution in [2.75, 3.05) is 0 Å².